The van der Waals surface area contributed by atoms with Crippen molar-refractivity contribution >= 4 is 11.8 Å². The molecule has 76 valence electrons. The molecule has 0 aromatic rings. The first-order chi connectivity index (χ1) is 6.16. The predicted molar refractivity (Wildman–Crippen MR) is 49.0 cm³/mol. The summed E-state index contributed by atoms with van der Waals surface area (Å²) in [5.74, 6) is -0.269. The Balaban J connectivity index is 3.21. The van der Waals surface area contributed by atoms with Crippen LogP contribution >= 0.6 is 0 Å². The fourth-order valence-corrected chi connectivity index (χ4v) is 0.847. The average molecular weight is 188 g/mol. The molecule has 5 heteroatoms. The number of amidine groups is 1. The normalized spacial score (nSPS) is 11.4. The number of hydrogen-bond acceptors (Lipinski definition) is 3. The predicted octanol–water partition coefficient (Wildman–Crippen LogP) is 1.03. The van der Waals surface area contributed by atoms with Gasteiger partial charge in [-0.2, -0.15) is 0 Å². The maximum atomic E-state index is 10.1. The molecule has 0 saturated carbocycles. The SMILES string of the molecule is CC(=NCCCCCC(=O)O)NO. The molecule has 0 radical (unpaired) electrons. The molecule has 0 aromatic heterocycles. The van der Waals surface area contributed by atoms with E-state index in [0.717, 1.165) is 12.8 Å². The molecular weight excluding hydrogens is 172 g/mol. The molecule has 0 unspecified atom stereocenters. The van der Waals surface area contributed by atoms with Crippen molar-refractivity contribution in [2.75, 3.05) is 6.54 Å². The van der Waals surface area contributed by atoms with E-state index in [2.05, 4.69) is 4.99 Å². The van der Waals surface area contributed by atoms with Gasteiger partial charge in [-0.05, 0) is 19.8 Å². The fourth-order valence-electron chi connectivity index (χ4n) is 0.847. The summed E-state index contributed by atoms with van der Waals surface area (Å²) in [5, 5.41) is 16.7. The molecule has 0 aliphatic heterocycles. The number of hydroxylamine groups is 1. The average Bonchev–Trinajstić information content (AvgIpc) is 2.10. The smallest absolute Gasteiger partial charge is 0.303 e. The minimum atomic E-state index is -0.753. The summed E-state index contributed by atoms with van der Waals surface area (Å²) < 4.78 is 0. The van der Waals surface area contributed by atoms with Gasteiger partial charge in [0, 0.05) is 13.0 Å². The molecular formula is C8H16N2O3. The summed E-state index contributed by atoms with van der Waals surface area (Å²) in [5.41, 5.74) is 1.93. The Bertz CT molecular complexity index is 180. The third-order valence-corrected chi connectivity index (χ3v) is 1.56. The van der Waals surface area contributed by atoms with E-state index < -0.39 is 5.97 Å². The number of aliphatic imine (C=N–C) groups is 1. The van der Waals surface area contributed by atoms with Gasteiger partial charge in [0.15, 0.2) is 0 Å². The van der Waals surface area contributed by atoms with E-state index in [-0.39, 0.29) is 6.42 Å². The number of carboxylic acids is 1. The molecule has 0 spiro atoms. The van der Waals surface area contributed by atoms with Crippen LogP contribution in [0.2, 0.25) is 0 Å². The van der Waals surface area contributed by atoms with Crippen molar-refractivity contribution in [1.29, 1.82) is 0 Å². The quantitative estimate of drug-likeness (QED) is 0.251. The van der Waals surface area contributed by atoms with Crippen LogP contribution in [0.5, 0.6) is 0 Å². The molecule has 0 fully saturated rings. The van der Waals surface area contributed by atoms with Crippen LogP contribution < -0.4 is 5.48 Å². The number of aliphatic carboxylic acids is 1. The molecule has 5 nitrogen and oxygen atoms in total. The Morgan fingerprint density at radius 3 is 2.62 bits per heavy atom. The maximum absolute atomic E-state index is 10.1. The molecule has 0 saturated heterocycles. The summed E-state index contributed by atoms with van der Waals surface area (Å²) >= 11 is 0. The highest BCUT2D eigenvalue weighted by molar-refractivity contribution is 5.78. The van der Waals surface area contributed by atoms with Crippen molar-refractivity contribution < 1.29 is 15.1 Å². The third-order valence-electron chi connectivity index (χ3n) is 1.56. The lowest BCUT2D eigenvalue weighted by molar-refractivity contribution is -0.137. The number of carboxylic acid groups (broad SMARTS) is 1. The highest BCUT2D eigenvalue weighted by Crippen LogP contribution is 1.99. The van der Waals surface area contributed by atoms with E-state index in [9.17, 15) is 4.79 Å². The van der Waals surface area contributed by atoms with E-state index >= 15 is 0 Å². The second-order valence-electron chi connectivity index (χ2n) is 2.78. The molecule has 0 heterocycles. The van der Waals surface area contributed by atoms with Gasteiger partial charge in [-0.1, -0.05) is 6.42 Å². The molecule has 0 bridgehead atoms. The summed E-state index contributed by atoms with van der Waals surface area (Å²) in [6.07, 6.45) is 2.62. The third kappa shape index (κ3) is 8.81. The first-order valence-corrected chi connectivity index (χ1v) is 4.29. The lowest BCUT2D eigenvalue weighted by atomic mass is 10.2. The van der Waals surface area contributed by atoms with Crippen LogP contribution in [0.15, 0.2) is 4.99 Å². The topological polar surface area (TPSA) is 81.9 Å². The van der Waals surface area contributed by atoms with Gasteiger partial charge in [0.25, 0.3) is 0 Å². The van der Waals surface area contributed by atoms with Crippen LogP contribution in [0.3, 0.4) is 0 Å². The number of nitrogens with one attached hydrogen (secondary N) is 1. The van der Waals surface area contributed by atoms with E-state index in [0.29, 0.717) is 18.8 Å². The highest BCUT2D eigenvalue weighted by Gasteiger charge is 1.95. The van der Waals surface area contributed by atoms with E-state index in [1.807, 2.05) is 5.48 Å². The Hall–Kier alpha value is -1.10. The van der Waals surface area contributed by atoms with Crippen molar-refractivity contribution in [3.63, 3.8) is 0 Å². The molecule has 0 atom stereocenters. The number of carbonyl (C=O) groups is 1. The van der Waals surface area contributed by atoms with Gasteiger partial charge in [0.2, 0.25) is 0 Å². The van der Waals surface area contributed by atoms with Crippen LogP contribution in [0.1, 0.15) is 32.6 Å². The lowest BCUT2D eigenvalue weighted by Gasteiger charge is -1.98. The minimum Gasteiger partial charge on any atom is -0.481 e. The van der Waals surface area contributed by atoms with Gasteiger partial charge in [0.1, 0.15) is 5.84 Å². The summed E-state index contributed by atoms with van der Waals surface area (Å²) in [6, 6.07) is 0. The fraction of sp³-hybridized carbons (Fsp3) is 0.750. The van der Waals surface area contributed by atoms with Crippen molar-refractivity contribution in [2.24, 2.45) is 4.99 Å². The van der Waals surface area contributed by atoms with Gasteiger partial charge in [-0.25, -0.2) is 0 Å². The van der Waals surface area contributed by atoms with E-state index in [1.165, 1.54) is 0 Å². The minimum absolute atomic E-state index is 0.223. The van der Waals surface area contributed by atoms with Crippen LogP contribution in [-0.2, 0) is 4.79 Å². The van der Waals surface area contributed by atoms with Crippen LogP contribution in [0.25, 0.3) is 0 Å². The van der Waals surface area contributed by atoms with Gasteiger partial charge < -0.3 is 5.11 Å². The monoisotopic (exact) mass is 188 g/mol. The van der Waals surface area contributed by atoms with Crippen LogP contribution in [0, 0.1) is 0 Å². The molecule has 3 N–H and O–H groups in total. The molecule has 0 rings (SSSR count). The zero-order valence-electron chi connectivity index (χ0n) is 7.79. The Morgan fingerprint density at radius 1 is 1.38 bits per heavy atom. The Kier molecular flexibility index (Phi) is 6.91. The zero-order chi connectivity index (χ0) is 10.1. The molecule has 0 aromatic carbocycles. The highest BCUT2D eigenvalue weighted by atomic mass is 16.5. The van der Waals surface area contributed by atoms with Crippen molar-refractivity contribution in [3.05, 3.63) is 0 Å². The Labute approximate surface area is 77.4 Å². The van der Waals surface area contributed by atoms with Crippen LogP contribution in [0.4, 0.5) is 0 Å². The number of nitrogens with zero attached hydrogens (tertiary/aromatic N) is 1. The van der Waals surface area contributed by atoms with Gasteiger partial charge in [-0.3, -0.25) is 20.5 Å². The van der Waals surface area contributed by atoms with E-state index in [4.69, 9.17) is 10.3 Å². The van der Waals surface area contributed by atoms with Crippen molar-refractivity contribution in [3.8, 4) is 0 Å². The molecule has 0 amide bonds. The summed E-state index contributed by atoms with van der Waals surface area (Å²) in [6.45, 7) is 2.29. The van der Waals surface area contributed by atoms with Crippen molar-refractivity contribution in [2.45, 2.75) is 32.6 Å². The summed E-state index contributed by atoms with van der Waals surface area (Å²) in [4.78, 5) is 14.1. The van der Waals surface area contributed by atoms with Crippen molar-refractivity contribution in [1.82, 2.24) is 5.48 Å². The molecule has 13 heavy (non-hydrogen) atoms. The maximum Gasteiger partial charge on any atom is 0.303 e. The Morgan fingerprint density at radius 2 is 2.08 bits per heavy atom. The van der Waals surface area contributed by atoms with Crippen LogP contribution in [-0.4, -0.2) is 28.7 Å². The van der Waals surface area contributed by atoms with Gasteiger partial charge in [-0.15, -0.1) is 0 Å². The lowest BCUT2D eigenvalue weighted by Crippen LogP contribution is -2.14. The number of unbranched alkanes of at least 4 members (excludes halogenated alkanes) is 2. The summed E-state index contributed by atoms with van der Waals surface area (Å²) in [7, 11) is 0. The first-order valence-electron chi connectivity index (χ1n) is 4.29. The zero-order valence-corrected chi connectivity index (χ0v) is 7.79. The van der Waals surface area contributed by atoms with Gasteiger partial charge >= 0.3 is 5.97 Å². The number of hydrogen-bond donors (Lipinski definition) is 3. The standard InChI is InChI=1S/C8H16N2O3/c1-7(10-13)9-6-4-2-3-5-8(11)12/h13H,2-6H2,1H3,(H,9,10)(H,11,12). The van der Waals surface area contributed by atoms with E-state index in [1.54, 1.807) is 6.92 Å². The molecule has 0 aliphatic rings. The largest absolute Gasteiger partial charge is 0.481 e. The number of rotatable bonds is 6. The molecule has 0 aliphatic carbocycles. The second kappa shape index (κ2) is 7.54. The van der Waals surface area contributed by atoms with Gasteiger partial charge in [0.05, 0.1) is 0 Å². The second-order valence-corrected chi connectivity index (χ2v) is 2.78. The first kappa shape index (κ1) is 11.9.